The summed E-state index contributed by atoms with van der Waals surface area (Å²) in [4.78, 5) is 48.9. The average molecular weight is 578 g/mol. The summed E-state index contributed by atoms with van der Waals surface area (Å²) >= 11 is 0. The van der Waals surface area contributed by atoms with Gasteiger partial charge in [0.05, 0.1) is 0 Å². The summed E-state index contributed by atoms with van der Waals surface area (Å²) in [5.41, 5.74) is 12.5. The number of rotatable bonds is 13. The fraction of sp³-hybridized carbons (Fsp3) is 0.429. The standard InChI is InChI=1S/C22H32N4O6.C6H7N.ClH/c1-13(2)24-19(27)16(12-14-8-4-3-5-9-14)26-21(29)18-17(32-18)20(28)25-15(22(30)31)10-6-7-11-23;7-6-4-2-1-3-5-6;/h3-5,8-9,13,15-18H,6-7,10-12,23H2,1-2H3,(H,24,27)(H,25,28)(H,26,29)(H,30,31);1-5H,7H2;1H/t15-,16-,17?,18?;;/m0../s1. The van der Waals surface area contributed by atoms with E-state index in [0.717, 1.165) is 11.3 Å². The van der Waals surface area contributed by atoms with Crippen LogP contribution in [0.3, 0.4) is 0 Å². The van der Waals surface area contributed by atoms with Gasteiger partial charge in [0.25, 0.3) is 11.8 Å². The number of carbonyl (C=O) groups is 4. The van der Waals surface area contributed by atoms with Crippen LogP contribution in [0.4, 0.5) is 5.69 Å². The number of hydrogen-bond acceptors (Lipinski definition) is 7. The average Bonchev–Trinajstić information content (AvgIpc) is 3.70. The van der Waals surface area contributed by atoms with Gasteiger partial charge in [0.1, 0.15) is 12.1 Å². The van der Waals surface area contributed by atoms with Crippen molar-refractivity contribution < 1.29 is 29.0 Å². The lowest BCUT2D eigenvalue weighted by atomic mass is 10.0. The molecule has 12 heteroatoms. The molecule has 40 heavy (non-hydrogen) atoms. The Morgan fingerprint density at radius 2 is 1.38 bits per heavy atom. The number of anilines is 1. The maximum atomic E-state index is 12.6. The predicted molar refractivity (Wildman–Crippen MR) is 155 cm³/mol. The van der Waals surface area contributed by atoms with Gasteiger partial charge in [-0.05, 0) is 57.4 Å². The maximum absolute atomic E-state index is 12.6. The van der Waals surface area contributed by atoms with E-state index in [9.17, 15) is 24.3 Å². The Bertz CT molecular complexity index is 1070. The number of amides is 3. The number of hydrogen-bond donors (Lipinski definition) is 6. The molecule has 1 aliphatic heterocycles. The number of carboxylic acids is 1. The summed E-state index contributed by atoms with van der Waals surface area (Å²) in [7, 11) is 0. The van der Waals surface area contributed by atoms with Crippen molar-refractivity contribution in [3.8, 4) is 0 Å². The zero-order chi connectivity index (χ0) is 28.8. The number of carboxylic acid groups (broad SMARTS) is 1. The molecule has 0 aliphatic carbocycles. The van der Waals surface area contributed by atoms with E-state index >= 15 is 0 Å². The van der Waals surface area contributed by atoms with Crippen molar-refractivity contribution in [1.29, 1.82) is 0 Å². The Kier molecular flexibility index (Phi) is 15.3. The Balaban J connectivity index is 0.000000867. The molecule has 1 heterocycles. The van der Waals surface area contributed by atoms with Gasteiger partial charge in [0, 0.05) is 18.2 Å². The summed E-state index contributed by atoms with van der Waals surface area (Å²) in [6.45, 7) is 4.06. The number of ether oxygens (including phenoxy) is 1. The number of epoxide rings is 1. The van der Waals surface area contributed by atoms with Crippen LogP contribution in [0.5, 0.6) is 0 Å². The fourth-order valence-electron chi connectivity index (χ4n) is 3.67. The van der Waals surface area contributed by atoms with Gasteiger partial charge < -0.3 is 37.3 Å². The third kappa shape index (κ3) is 12.5. The first-order valence-electron chi connectivity index (χ1n) is 13.0. The lowest BCUT2D eigenvalue weighted by Gasteiger charge is -2.20. The molecule has 3 rings (SSSR count). The van der Waals surface area contributed by atoms with Gasteiger partial charge in [0.15, 0.2) is 12.2 Å². The highest BCUT2D eigenvalue weighted by molar-refractivity contribution is 5.98. The Morgan fingerprint density at radius 3 is 1.82 bits per heavy atom. The molecule has 0 saturated carbocycles. The van der Waals surface area contributed by atoms with Crippen molar-refractivity contribution in [3.63, 3.8) is 0 Å². The van der Waals surface area contributed by atoms with Crippen LogP contribution in [0.2, 0.25) is 0 Å². The molecule has 0 spiro atoms. The minimum Gasteiger partial charge on any atom is -0.480 e. The van der Waals surface area contributed by atoms with Crippen LogP contribution in [-0.4, -0.2) is 65.7 Å². The number of nitrogen functional groups attached to an aromatic ring is 1. The minimum atomic E-state index is -1.16. The number of aliphatic carboxylic acids is 1. The fourth-order valence-corrected chi connectivity index (χ4v) is 3.67. The van der Waals surface area contributed by atoms with Gasteiger partial charge in [-0.3, -0.25) is 14.4 Å². The highest BCUT2D eigenvalue weighted by Gasteiger charge is 2.51. The second-order valence-corrected chi connectivity index (χ2v) is 9.49. The quantitative estimate of drug-likeness (QED) is 0.117. The van der Waals surface area contributed by atoms with E-state index in [1.165, 1.54) is 0 Å². The first-order valence-corrected chi connectivity index (χ1v) is 13.0. The van der Waals surface area contributed by atoms with Crippen molar-refractivity contribution in [3.05, 3.63) is 66.2 Å². The van der Waals surface area contributed by atoms with Crippen LogP contribution in [-0.2, 0) is 30.3 Å². The molecule has 220 valence electrons. The predicted octanol–water partition coefficient (Wildman–Crippen LogP) is 1.39. The minimum absolute atomic E-state index is 0. The number of halogens is 1. The van der Waals surface area contributed by atoms with Crippen molar-refractivity contribution in [2.75, 3.05) is 12.3 Å². The molecule has 0 radical (unpaired) electrons. The van der Waals surface area contributed by atoms with E-state index in [2.05, 4.69) is 16.0 Å². The van der Waals surface area contributed by atoms with E-state index in [4.69, 9.17) is 16.2 Å². The SMILES string of the molecule is CC(C)NC(=O)[C@H](Cc1ccccc1)NC(=O)C1OC1C(=O)N[C@@H](CCCCN)C(=O)O.Cl.Nc1ccccc1. The molecule has 3 amide bonds. The number of benzene rings is 2. The molecule has 0 aromatic heterocycles. The summed E-state index contributed by atoms with van der Waals surface area (Å²) in [6.07, 6.45) is -0.454. The largest absolute Gasteiger partial charge is 0.480 e. The number of para-hydroxylation sites is 1. The van der Waals surface area contributed by atoms with Crippen molar-refractivity contribution >= 4 is 41.8 Å². The van der Waals surface area contributed by atoms with Crippen LogP contribution < -0.4 is 27.4 Å². The van der Waals surface area contributed by atoms with Gasteiger partial charge in [-0.2, -0.15) is 0 Å². The topological polar surface area (TPSA) is 189 Å². The normalized spacial score (nSPS) is 16.7. The lowest BCUT2D eigenvalue weighted by molar-refractivity contribution is -0.142. The molecular formula is C28H40ClN5O6. The third-order valence-electron chi connectivity index (χ3n) is 5.72. The molecule has 0 bridgehead atoms. The maximum Gasteiger partial charge on any atom is 0.326 e. The summed E-state index contributed by atoms with van der Waals surface area (Å²) < 4.78 is 5.19. The summed E-state index contributed by atoms with van der Waals surface area (Å²) in [5, 5.41) is 17.1. The summed E-state index contributed by atoms with van der Waals surface area (Å²) in [6, 6.07) is 16.7. The monoisotopic (exact) mass is 577 g/mol. The molecule has 2 aromatic carbocycles. The van der Waals surface area contributed by atoms with E-state index in [-0.39, 0.29) is 37.2 Å². The second-order valence-electron chi connectivity index (χ2n) is 9.49. The number of carbonyl (C=O) groups excluding carboxylic acids is 3. The van der Waals surface area contributed by atoms with Gasteiger partial charge in [-0.15, -0.1) is 12.4 Å². The molecule has 1 saturated heterocycles. The number of nitrogens with one attached hydrogen (secondary N) is 3. The van der Waals surface area contributed by atoms with Crippen molar-refractivity contribution in [2.24, 2.45) is 5.73 Å². The van der Waals surface area contributed by atoms with Crippen LogP contribution in [0.15, 0.2) is 60.7 Å². The van der Waals surface area contributed by atoms with Gasteiger partial charge in [0.2, 0.25) is 5.91 Å². The first kappa shape index (κ1) is 34.4. The Morgan fingerprint density at radius 1 is 0.850 bits per heavy atom. The van der Waals surface area contributed by atoms with Crippen LogP contribution in [0, 0.1) is 0 Å². The van der Waals surface area contributed by atoms with Crippen molar-refractivity contribution in [2.45, 2.75) is 69.9 Å². The molecule has 2 unspecified atom stereocenters. The number of nitrogens with two attached hydrogens (primary N) is 2. The molecule has 1 fully saturated rings. The van der Waals surface area contributed by atoms with Gasteiger partial charge in [-0.1, -0.05) is 48.5 Å². The van der Waals surface area contributed by atoms with E-state index in [1.54, 1.807) is 0 Å². The molecule has 4 atom stereocenters. The van der Waals surface area contributed by atoms with Crippen LogP contribution in [0.1, 0.15) is 38.7 Å². The Labute approximate surface area is 240 Å². The smallest absolute Gasteiger partial charge is 0.326 e. The van der Waals surface area contributed by atoms with Gasteiger partial charge in [-0.25, -0.2) is 4.79 Å². The third-order valence-corrected chi connectivity index (χ3v) is 5.72. The molecular weight excluding hydrogens is 538 g/mol. The number of unbranched alkanes of at least 4 members (excludes halogenated alkanes) is 1. The zero-order valence-corrected chi connectivity index (χ0v) is 23.6. The Hall–Kier alpha value is -3.67. The second kappa shape index (κ2) is 17.8. The van der Waals surface area contributed by atoms with E-state index in [1.807, 2.05) is 74.5 Å². The van der Waals surface area contributed by atoms with Crippen LogP contribution in [0.25, 0.3) is 0 Å². The highest BCUT2D eigenvalue weighted by Crippen LogP contribution is 2.23. The van der Waals surface area contributed by atoms with E-state index < -0.39 is 42.1 Å². The molecule has 2 aromatic rings. The summed E-state index contributed by atoms with van der Waals surface area (Å²) in [5.74, 6) is -2.77. The zero-order valence-electron chi connectivity index (χ0n) is 22.7. The lowest BCUT2D eigenvalue weighted by Crippen LogP contribution is -2.51. The van der Waals surface area contributed by atoms with E-state index in [0.29, 0.717) is 19.4 Å². The molecule has 8 N–H and O–H groups in total. The highest BCUT2D eigenvalue weighted by atomic mass is 35.5. The first-order chi connectivity index (χ1) is 18.6. The van der Waals surface area contributed by atoms with Gasteiger partial charge >= 0.3 is 5.97 Å². The van der Waals surface area contributed by atoms with Crippen LogP contribution >= 0.6 is 12.4 Å². The molecule has 1 aliphatic rings. The van der Waals surface area contributed by atoms with Crippen molar-refractivity contribution in [1.82, 2.24) is 16.0 Å². The molecule has 11 nitrogen and oxygen atoms in total.